The second kappa shape index (κ2) is 6.61. The normalized spacial score (nSPS) is 16.8. The highest BCUT2D eigenvalue weighted by Crippen LogP contribution is 2.31. The highest BCUT2D eigenvalue weighted by Gasteiger charge is 2.23. The van der Waals surface area contributed by atoms with Crippen molar-refractivity contribution in [3.63, 3.8) is 0 Å². The molecule has 0 bridgehead atoms. The fourth-order valence-electron chi connectivity index (χ4n) is 3.50. The summed E-state index contributed by atoms with van der Waals surface area (Å²) in [6.07, 6.45) is 2.97. The molecule has 0 saturated heterocycles. The largest absolute Gasteiger partial charge is 0.316 e. The third-order valence-corrected chi connectivity index (χ3v) is 5.54. The minimum absolute atomic E-state index is 0.385. The minimum atomic E-state index is -0.621. The Morgan fingerprint density at radius 3 is 2.60 bits per heavy atom. The van der Waals surface area contributed by atoms with Crippen molar-refractivity contribution in [2.75, 3.05) is 0 Å². The van der Waals surface area contributed by atoms with Crippen LogP contribution >= 0.6 is 15.9 Å². The molecule has 128 valence electrons. The maximum atomic E-state index is 11.7. The van der Waals surface area contributed by atoms with E-state index < -0.39 is 11.1 Å². The number of aromatic nitrogens is 2. The number of hydrogen-bond donors (Lipinski definition) is 3. The van der Waals surface area contributed by atoms with Crippen LogP contribution in [0.25, 0.3) is 11.0 Å². The molecule has 1 atom stereocenters. The maximum Gasteiger partial charge on any atom is 0.314 e. The molecule has 3 N–H and O–H groups in total. The summed E-state index contributed by atoms with van der Waals surface area (Å²) in [5.41, 5.74) is 3.74. The van der Waals surface area contributed by atoms with Crippen LogP contribution < -0.4 is 16.4 Å². The van der Waals surface area contributed by atoms with Crippen LogP contribution in [0.1, 0.15) is 23.1 Å². The van der Waals surface area contributed by atoms with Gasteiger partial charge < -0.3 is 15.3 Å². The molecule has 2 aromatic carbocycles. The van der Waals surface area contributed by atoms with Crippen LogP contribution in [0, 0.1) is 0 Å². The molecule has 1 aromatic heterocycles. The zero-order valence-electron chi connectivity index (χ0n) is 13.6. The van der Waals surface area contributed by atoms with Gasteiger partial charge in [-0.1, -0.05) is 46.3 Å². The predicted molar refractivity (Wildman–Crippen MR) is 102 cm³/mol. The lowest BCUT2D eigenvalue weighted by molar-refractivity contribution is 0.453. The van der Waals surface area contributed by atoms with Crippen LogP contribution in [0.15, 0.2) is 50.5 Å². The summed E-state index contributed by atoms with van der Waals surface area (Å²) >= 11 is 3.63. The van der Waals surface area contributed by atoms with E-state index in [4.69, 9.17) is 0 Å². The first-order valence-electron chi connectivity index (χ1n) is 8.35. The number of benzene rings is 2. The summed E-state index contributed by atoms with van der Waals surface area (Å²) in [6.45, 7) is 0.673. The topological polar surface area (TPSA) is 77.8 Å². The Bertz CT molecular complexity index is 1040. The molecule has 5 nitrogen and oxygen atoms in total. The molecule has 1 aliphatic heterocycles. The molecule has 2 heterocycles. The van der Waals surface area contributed by atoms with Crippen LogP contribution in [0.3, 0.4) is 0 Å². The first-order chi connectivity index (χ1) is 12.1. The Morgan fingerprint density at radius 1 is 1.04 bits per heavy atom. The molecule has 0 fully saturated rings. The zero-order chi connectivity index (χ0) is 17.4. The van der Waals surface area contributed by atoms with Gasteiger partial charge in [0.1, 0.15) is 0 Å². The number of rotatable bonds is 3. The van der Waals surface area contributed by atoms with Crippen LogP contribution in [0.5, 0.6) is 0 Å². The fourth-order valence-corrected chi connectivity index (χ4v) is 4.13. The standard InChI is InChI=1S/C19H18BrN3O2/c20-15-9-16-17(23-19(25)18(24)22-16)14-10-21-12(8-13(14)15)7-6-11-4-2-1-3-5-11/h1-5,9,12,21H,6-8,10H2,(H,22,24)(H,23,25). The summed E-state index contributed by atoms with van der Waals surface area (Å²) in [6, 6.07) is 12.7. The van der Waals surface area contributed by atoms with Crippen LogP contribution in [0.4, 0.5) is 0 Å². The van der Waals surface area contributed by atoms with E-state index in [0.717, 1.165) is 34.8 Å². The van der Waals surface area contributed by atoms with Crippen LogP contribution in [-0.2, 0) is 19.4 Å². The predicted octanol–water partition coefficient (Wildman–Crippen LogP) is 2.63. The lowest BCUT2D eigenvalue weighted by atomic mass is 9.91. The number of aromatic amines is 2. The van der Waals surface area contributed by atoms with E-state index in [2.05, 4.69) is 55.5 Å². The molecular weight excluding hydrogens is 382 g/mol. The Morgan fingerprint density at radius 2 is 1.80 bits per heavy atom. The zero-order valence-corrected chi connectivity index (χ0v) is 15.2. The Hall–Kier alpha value is -2.18. The van der Waals surface area contributed by atoms with Crippen molar-refractivity contribution in [2.45, 2.75) is 31.8 Å². The fraction of sp³-hybridized carbons (Fsp3) is 0.263. The van der Waals surface area contributed by atoms with E-state index in [1.807, 2.05) is 12.1 Å². The van der Waals surface area contributed by atoms with Gasteiger partial charge in [0.05, 0.1) is 11.0 Å². The van der Waals surface area contributed by atoms with Gasteiger partial charge in [0.25, 0.3) is 0 Å². The van der Waals surface area contributed by atoms with E-state index in [9.17, 15) is 9.59 Å². The second-order valence-electron chi connectivity index (χ2n) is 6.45. The highest BCUT2D eigenvalue weighted by atomic mass is 79.9. The van der Waals surface area contributed by atoms with Crippen molar-refractivity contribution < 1.29 is 0 Å². The van der Waals surface area contributed by atoms with Crippen molar-refractivity contribution in [3.05, 3.63) is 78.3 Å². The molecule has 4 rings (SSSR count). The van der Waals surface area contributed by atoms with Gasteiger partial charge in [-0.05, 0) is 42.0 Å². The first kappa shape index (κ1) is 16.3. The lowest BCUT2D eigenvalue weighted by Crippen LogP contribution is -2.37. The van der Waals surface area contributed by atoms with Gasteiger partial charge in [-0.2, -0.15) is 0 Å². The maximum absolute atomic E-state index is 11.7. The molecule has 0 saturated carbocycles. The second-order valence-corrected chi connectivity index (χ2v) is 7.31. The van der Waals surface area contributed by atoms with Gasteiger partial charge in [-0.15, -0.1) is 0 Å². The monoisotopic (exact) mass is 399 g/mol. The van der Waals surface area contributed by atoms with Gasteiger partial charge in [-0.25, -0.2) is 0 Å². The quantitative estimate of drug-likeness (QED) is 0.592. The van der Waals surface area contributed by atoms with E-state index in [-0.39, 0.29) is 0 Å². The Balaban J connectivity index is 1.62. The number of halogens is 1. The average Bonchev–Trinajstić information content (AvgIpc) is 2.63. The number of nitrogens with one attached hydrogen (secondary N) is 3. The molecule has 0 aliphatic carbocycles. The molecule has 0 radical (unpaired) electrons. The number of fused-ring (bicyclic) bond motifs is 3. The third-order valence-electron chi connectivity index (χ3n) is 4.83. The van der Waals surface area contributed by atoms with Gasteiger partial charge in [0, 0.05) is 17.1 Å². The molecule has 0 amide bonds. The van der Waals surface area contributed by atoms with Crippen molar-refractivity contribution in [3.8, 4) is 0 Å². The smallest absolute Gasteiger partial charge is 0.314 e. The molecule has 1 unspecified atom stereocenters. The van der Waals surface area contributed by atoms with Crippen molar-refractivity contribution in [2.24, 2.45) is 0 Å². The minimum Gasteiger partial charge on any atom is -0.316 e. The summed E-state index contributed by atoms with van der Waals surface area (Å²) in [4.78, 5) is 28.6. The first-order valence-corrected chi connectivity index (χ1v) is 9.15. The van der Waals surface area contributed by atoms with Gasteiger partial charge in [0.2, 0.25) is 0 Å². The molecule has 25 heavy (non-hydrogen) atoms. The lowest BCUT2D eigenvalue weighted by Gasteiger charge is -2.28. The van der Waals surface area contributed by atoms with Crippen molar-refractivity contribution >= 4 is 27.0 Å². The Kier molecular flexibility index (Phi) is 4.31. The van der Waals surface area contributed by atoms with Gasteiger partial charge in [-0.3, -0.25) is 9.59 Å². The molecule has 3 aromatic rings. The molecule has 6 heteroatoms. The number of H-pyrrole nitrogens is 2. The molecule has 0 spiro atoms. The van der Waals surface area contributed by atoms with Crippen LogP contribution in [0.2, 0.25) is 0 Å². The third kappa shape index (κ3) is 3.19. The van der Waals surface area contributed by atoms with E-state index >= 15 is 0 Å². The number of hydrogen-bond acceptors (Lipinski definition) is 3. The van der Waals surface area contributed by atoms with E-state index in [1.165, 1.54) is 11.1 Å². The average molecular weight is 400 g/mol. The summed E-state index contributed by atoms with van der Waals surface area (Å²) in [7, 11) is 0. The molecule has 1 aliphatic rings. The summed E-state index contributed by atoms with van der Waals surface area (Å²) < 4.78 is 0.976. The Labute approximate surface area is 152 Å². The highest BCUT2D eigenvalue weighted by molar-refractivity contribution is 9.10. The summed E-state index contributed by atoms with van der Waals surface area (Å²) in [5, 5.41) is 3.56. The van der Waals surface area contributed by atoms with E-state index in [1.54, 1.807) is 0 Å². The molecular formula is C19H18BrN3O2. The van der Waals surface area contributed by atoms with Gasteiger partial charge >= 0.3 is 11.1 Å². The van der Waals surface area contributed by atoms with Gasteiger partial charge in [0.15, 0.2) is 0 Å². The van der Waals surface area contributed by atoms with Crippen molar-refractivity contribution in [1.82, 2.24) is 15.3 Å². The van der Waals surface area contributed by atoms with Crippen molar-refractivity contribution in [1.29, 1.82) is 0 Å². The summed E-state index contributed by atoms with van der Waals surface area (Å²) in [5.74, 6) is 0. The SMILES string of the molecule is O=c1[nH]c2cc(Br)c3c(c2[nH]c1=O)CNC(CCc1ccccc1)C3. The number of aryl methyl sites for hydroxylation is 1. The van der Waals surface area contributed by atoms with E-state index in [0.29, 0.717) is 18.1 Å². The van der Waals surface area contributed by atoms with Crippen LogP contribution in [-0.4, -0.2) is 16.0 Å².